The zero-order valence-electron chi connectivity index (χ0n) is 17.9. The van der Waals surface area contributed by atoms with Gasteiger partial charge in [0.2, 0.25) is 0 Å². The van der Waals surface area contributed by atoms with E-state index in [-0.39, 0.29) is 30.4 Å². The molecule has 33 heavy (non-hydrogen) atoms. The molecule has 0 unspecified atom stereocenters. The second kappa shape index (κ2) is 7.94. The van der Waals surface area contributed by atoms with Crippen molar-refractivity contribution < 1.29 is 31.8 Å². The number of aromatic nitrogens is 3. The van der Waals surface area contributed by atoms with Crippen molar-refractivity contribution in [3.8, 4) is 0 Å². The highest BCUT2D eigenvalue weighted by atomic mass is 19.4. The number of nitrogens with one attached hydrogen (secondary N) is 1. The molecule has 3 aliphatic rings. The van der Waals surface area contributed by atoms with E-state index in [0.717, 1.165) is 29.9 Å². The molecule has 0 radical (unpaired) electrons. The molecule has 2 saturated heterocycles. The molecule has 2 fully saturated rings. The first-order valence-electron chi connectivity index (χ1n) is 10.7. The number of carbonyl (C=O) groups is 1. The van der Waals surface area contributed by atoms with E-state index in [1.54, 1.807) is 9.80 Å². The van der Waals surface area contributed by atoms with Crippen LogP contribution >= 0.6 is 0 Å². The third-order valence-corrected chi connectivity index (χ3v) is 6.86. The van der Waals surface area contributed by atoms with Crippen LogP contribution in [0.5, 0.6) is 0 Å². The van der Waals surface area contributed by atoms with Crippen LogP contribution in [-0.2, 0) is 34.3 Å². The van der Waals surface area contributed by atoms with Crippen LogP contribution in [0, 0.1) is 5.82 Å². The summed E-state index contributed by atoms with van der Waals surface area (Å²) in [6.45, 7) is 3.84. The molecule has 0 saturated carbocycles. The highest BCUT2D eigenvalue weighted by molar-refractivity contribution is 5.76. The number of rotatable bonds is 4. The maximum absolute atomic E-state index is 14.0. The van der Waals surface area contributed by atoms with Crippen molar-refractivity contribution in [1.29, 1.82) is 0 Å². The smallest absolute Gasteiger partial charge is 0.370 e. The summed E-state index contributed by atoms with van der Waals surface area (Å²) in [5.41, 5.74) is 0.246. The first-order valence-corrected chi connectivity index (χ1v) is 10.7. The number of nitrogens with zero attached hydrogens (tertiary/aromatic N) is 4. The quantitative estimate of drug-likeness (QED) is 0.697. The standard InChI is InChI=1S/C21H23F4N5O3/c1-2-20-11-30(8-17(20)33-10-16-18(20)27-28-26-16)19(31)29-6-14(7-29)32-9-12-3-4-13(5-15(12)22)21(23,24)25/h3-5,14,17H,2,6-11H2,1H3,(H,26,27,28)/t17-,20+/m0/s1. The number of hydrogen-bond acceptors (Lipinski definition) is 5. The molecule has 0 aliphatic carbocycles. The van der Waals surface area contributed by atoms with Crippen LogP contribution in [0.25, 0.3) is 0 Å². The zero-order valence-corrected chi connectivity index (χ0v) is 17.9. The topological polar surface area (TPSA) is 83.6 Å². The fraction of sp³-hybridized carbons (Fsp3) is 0.571. The SMILES string of the molecule is CC[C@@]12CN(C(=O)N3CC(OCc4ccc(C(F)(F)F)cc4F)C3)C[C@@H]1OCc1n[nH]nc12. The Bertz CT molecular complexity index is 1050. The van der Waals surface area contributed by atoms with Crippen molar-refractivity contribution >= 4 is 6.03 Å². The number of aromatic amines is 1. The van der Waals surface area contributed by atoms with Crippen LogP contribution in [0.3, 0.4) is 0 Å². The molecule has 2 atom stereocenters. The average Bonchev–Trinajstić information content (AvgIpc) is 3.37. The van der Waals surface area contributed by atoms with Crippen molar-refractivity contribution in [2.24, 2.45) is 0 Å². The second-order valence-corrected chi connectivity index (χ2v) is 8.73. The summed E-state index contributed by atoms with van der Waals surface area (Å²) in [5.74, 6) is -0.964. The monoisotopic (exact) mass is 469 g/mol. The molecule has 5 rings (SSSR count). The van der Waals surface area contributed by atoms with E-state index in [0.29, 0.717) is 38.9 Å². The van der Waals surface area contributed by atoms with Gasteiger partial charge in [-0.15, -0.1) is 0 Å². The molecule has 3 aliphatic heterocycles. The average molecular weight is 469 g/mol. The summed E-state index contributed by atoms with van der Waals surface area (Å²) in [6, 6.07) is 2.24. The van der Waals surface area contributed by atoms with Gasteiger partial charge in [0.1, 0.15) is 11.5 Å². The summed E-state index contributed by atoms with van der Waals surface area (Å²) in [7, 11) is 0. The number of alkyl halides is 3. The van der Waals surface area contributed by atoms with Crippen LogP contribution in [0.2, 0.25) is 0 Å². The third kappa shape index (κ3) is 3.74. The Balaban J connectivity index is 1.15. The number of hydrogen-bond donors (Lipinski definition) is 1. The molecule has 8 nitrogen and oxygen atoms in total. The molecule has 2 amide bonds. The number of likely N-dealkylation sites (tertiary alicyclic amines) is 2. The molecule has 0 spiro atoms. The van der Waals surface area contributed by atoms with Gasteiger partial charge in [-0.2, -0.15) is 28.6 Å². The van der Waals surface area contributed by atoms with Crippen LogP contribution in [0.4, 0.5) is 22.4 Å². The first kappa shape index (κ1) is 22.1. The van der Waals surface area contributed by atoms with E-state index >= 15 is 0 Å². The van der Waals surface area contributed by atoms with Crippen molar-refractivity contribution in [1.82, 2.24) is 25.2 Å². The Hall–Kier alpha value is -2.73. The van der Waals surface area contributed by atoms with E-state index in [4.69, 9.17) is 9.47 Å². The summed E-state index contributed by atoms with van der Waals surface area (Å²) >= 11 is 0. The molecule has 1 aromatic carbocycles. The molecule has 0 bridgehead atoms. The predicted molar refractivity (Wildman–Crippen MR) is 105 cm³/mol. The van der Waals surface area contributed by atoms with Gasteiger partial charge in [0.05, 0.1) is 55.2 Å². The lowest BCUT2D eigenvalue weighted by Gasteiger charge is -2.41. The number of benzene rings is 1. The van der Waals surface area contributed by atoms with E-state index in [1.807, 2.05) is 6.92 Å². The van der Waals surface area contributed by atoms with Crippen molar-refractivity contribution in [2.45, 2.75) is 50.4 Å². The normalized spacial score (nSPS) is 25.1. The highest BCUT2D eigenvalue weighted by Gasteiger charge is 2.54. The number of halogens is 4. The predicted octanol–water partition coefficient (Wildman–Crippen LogP) is 2.85. The lowest BCUT2D eigenvalue weighted by molar-refractivity contribution is -0.137. The van der Waals surface area contributed by atoms with E-state index in [1.165, 1.54) is 0 Å². The molecule has 12 heteroatoms. The van der Waals surface area contributed by atoms with Crippen molar-refractivity contribution in [2.75, 3.05) is 26.2 Å². The molecule has 1 N–H and O–H groups in total. The third-order valence-electron chi connectivity index (χ3n) is 6.86. The van der Waals surface area contributed by atoms with Gasteiger partial charge in [0.15, 0.2) is 0 Å². The lowest BCUT2D eigenvalue weighted by atomic mass is 9.76. The number of urea groups is 1. The number of ether oxygens (including phenoxy) is 2. The van der Waals surface area contributed by atoms with Crippen LogP contribution in [-0.4, -0.2) is 69.6 Å². The number of fused-ring (bicyclic) bond motifs is 3. The van der Waals surface area contributed by atoms with E-state index in [9.17, 15) is 22.4 Å². The van der Waals surface area contributed by atoms with Crippen molar-refractivity contribution in [3.05, 3.63) is 46.5 Å². The Morgan fingerprint density at radius 2 is 2.06 bits per heavy atom. The molecular formula is C21H23F4N5O3. The largest absolute Gasteiger partial charge is 0.416 e. The number of amides is 2. The summed E-state index contributed by atoms with van der Waals surface area (Å²) in [4.78, 5) is 16.4. The van der Waals surface area contributed by atoms with Crippen LogP contribution in [0.15, 0.2) is 18.2 Å². The number of carbonyl (C=O) groups excluding carboxylic acids is 1. The van der Waals surface area contributed by atoms with Crippen LogP contribution < -0.4 is 0 Å². The Morgan fingerprint density at radius 1 is 1.27 bits per heavy atom. The van der Waals surface area contributed by atoms with Gasteiger partial charge in [-0.1, -0.05) is 13.0 Å². The summed E-state index contributed by atoms with van der Waals surface area (Å²) < 4.78 is 63.6. The fourth-order valence-corrected chi connectivity index (χ4v) is 4.85. The van der Waals surface area contributed by atoms with Crippen LogP contribution in [0.1, 0.15) is 35.9 Å². The van der Waals surface area contributed by atoms with E-state index < -0.39 is 23.0 Å². The minimum Gasteiger partial charge on any atom is -0.370 e. The second-order valence-electron chi connectivity index (χ2n) is 8.73. The maximum Gasteiger partial charge on any atom is 0.416 e. The van der Waals surface area contributed by atoms with Gasteiger partial charge >= 0.3 is 12.2 Å². The Morgan fingerprint density at radius 3 is 2.76 bits per heavy atom. The fourth-order valence-electron chi connectivity index (χ4n) is 4.85. The van der Waals surface area contributed by atoms with Gasteiger partial charge in [-0.05, 0) is 18.6 Å². The van der Waals surface area contributed by atoms with Gasteiger partial charge < -0.3 is 19.3 Å². The highest BCUT2D eigenvalue weighted by Crippen LogP contribution is 2.43. The first-order chi connectivity index (χ1) is 15.7. The lowest BCUT2D eigenvalue weighted by Crippen LogP contribution is -2.58. The van der Waals surface area contributed by atoms with Gasteiger partial charge in [-0.3, -0.25) is 0 Å². The molecule has 2 aromatic rings. The van der Waals surface area contributed by atoms with Gasteiger partial charge in [0, 0.05) is 18.7 Å². The minimum absolute atomic E-state index is 0.0434. The summed E-state index contributed by atoms with van der Waals surface area (Å²) in [6.07, 6.45) is -4.30. The van der Waals surface area contributed by atoms with Crippen molar-refractivity contribution in [3.63, 3.8) is 0 Å². The molecule has 4 heterocycles. The minimum atomic E-state index is -4.60. The molecule has 178 valence electrons. The molecular weight excluding hydrogens is 446 g/mol. The van der Waals surface area contributed by atoms with Gasteiger partial charge in [-0.25, -0.2) is 9.18 Å². The summed E-state index contributed by atoms with van der Waals surface area (Å²) in [5, 5.41) is 11.1. The maximum atomic E-state index is 14.0. The Labute approximate surface area is 186 Å². The zero-order chi connectivity index (χ0) is 23.4. The Kier molecular flexibility index (Phi) is 5.31. The number of H-pyrrole nitrogens is 1. The van der Waals surface area contributed by atoms with Gasteiger partial charge in [0.25, 0.3) is 0 Å². The van der Waals surface area contributed by atoms with E-state index in [2.05, 4.69) is 15.4 Å². The molecule has 1 aromatic heterocycles.